The van der Waals surface area contributed by atoms with Gasteiger partial charge < -0.3 is 4.90 Å². The fraction of sp³-hybridized carbons (Fsp3) is 0.143. The average Bonchev–Trinajstić information content (AvgIpc) is 2.74. The van der Waals surface area contributed by atoms with Gasteiger partial charge >= 0.3 is 0 Å². The van der Waals surface area contributed by atoms with Crippen molar-refractivity contribution in [2.24, 2.45) is 0 Å². The van der Waals surface area contributed by atoms with Crippen molar-refractivity contribution in [3.05, 3.63) is 90.0 Å². The quantitative estimate of drug-likeness (QED) is 0.666. The predicted octanol–water partition coefficient (Wildman–Crippen LogP) is 3.85. The van der Waals surface area contributed by atoms with Gasteiger partial charge in [-0.3, -0.25) is 14.5 Å². The van der Waals surface area contributed by atoms with E-state index < -0.39 is 15.8 Å². The highest BCUT2D eigenvalue weighted by atomic mass is 32.2. The predicted molar refractivity (Wildman–Crippen MR) is 108 cm³/mol. The average molecular weight is 413 g/mol. The fourth-order valence-electron chi connectivity index (χ4n) is 2.79. The normalized spacial score (nSPS) is 12.2. The number of rotatable bonds is 6. The summed E-state index contributed by atoms with van der Waals surface area (Å²) >= 11 is 0. The maximum atomic E-state index is 13.8. The van der Waals surface area contributed by atoms with E-state index in [0.717, 1.165) is 11.6 Å². The zero-order valence-corrected chi connectivity index (χ0v) is 16.7. The van der Waals surface area contributed by atoms with Crippen LogP contribution in [0.25, 0.3) is 0 Å². The number of para-hydroxylation sites is 1. The van der Waals surface area contributed by atoms with Crippen LogP contribution in [0.5, 0.6) is 0 Å². The highest BCUT2D eigenvalue weighted by Crippen LogP contribution is 2.23. The zero-order valence-electron chi connectivity index (χ0n) is 15.9. The Morgan fingerprint density at radius 2 is 1.76 bits per heavy atom. The molecule has 1 amide bonds. The SMILES string of the molecule is CC(c1ccncc1)N(C)C(=O)c1cccc(S(=O)(=O)Nc2ccccc2F)c1. The molecule has 3 aromatic rings. The van der Waals surface area contributed by atoms with E-state index in [1.807, 2.05) is 19.1 Å². The maximum Gasteiger partial charge on any atom is 0.262 e. The first-order valence-electron chi connectivity index (χ1n) is 8.84. The molecule has 0 bridgehead atoms. The summed E-state index contributed by atoms with van der Waals surface area (Å²) in [4.78, 5) is 18.2. The zero-order chi connectivity index (χ0) is 21.0. The van der Waals surface area contributed by atoms with Gasteiger partial charge in [0.15, 0.2) is 0 Å². The molecule has 1 aromatic heterocycles. The van der Waals surface area contributed by atoms with Crippen LogP contribution in [-0.2, 0) is 10.0 Å². The highest BCUT2D eigenvalue weighted by Gasteiger charge is 2.22. The first-order valence-corrected chi connectivity index (χ1v) is 10.3. The van der Waals surface area contributed by atoms with Gasteiger partial charge in [-0.25, -0.2) is 12.8 Å². The molecule has 1 heterocycles. The molecule has 0 aliphatic rings. The van der Waals surface area contributed by atoms with Crippen molar-refractivity contribution in [1.29, 1.82) is 0 Å². The minimum atomic E-state index is -4.06. The van der Waals surface area contributed by atoms with Crippen LogP contribution in [0.15, 0.2) is 78.0 Å². The van der Waals surface area contributed by atoms with Crippen LogP contribution in [0.4, 0.5) is 10.1 Å². The van der Waals surface area contributed by atoms with Crippen LogP contribution < -0.4 is 4.72 Å². The molecule has 1 unspecified atom stereocenters. The molecule has 0 saturated heterocycles. The van der Waals surface area contributed by atoms with E-state index in [-0.39, 0.29) is 28.1 Å². The number of carbonyl (C=O) groups excluding carboxylic acids is 1. The largest absolute Gasteiger partial charge is 0.335 e. The number of hydrogen-bond acceptors (Lipinski definition) is 4. The molecular formula is C21H20FN3O3S. The second kappa shape index (κ2) is 8.40. The lowest BCUT2D eigenvalue weighted by molar-refractivity contribution is 0.0742. The van der Waals surface area contributed by atoms with E-state index in [4.69, 9.17) is 0 Å². The van der Waals surface area contributed by atoms with Gasteiger partial charge in [0, 0.05) is 25.0 Å². The Morgan fingerprint density at radius 3 is 2.45 bits per heavy atom. The van der Waals surface area contributed by atoms with Gasteiger partial charge in [0.25, 0.3) is 15.9 Å². The number of benzene rings is 2. The van der Waals surface area contributed by atoms with Crippen molar-refractivity contribution in [1.82, 2.24) is 9.88 Å². The number of carbonyl (C=O) groups is 1. The van der Waals surface area contributed by atoms with Gasteiger partial charge in [0.05, 0.1) is 16.6 Å². The maximum absolute atomic E-state index is 13.8. The summed E-state index contributed by atoms with van der Waals surface area (Å²) in [6, 6.07) is 14.5. The van der Waals surface area contributed by atoms with E-state index in [9.17, 15) is 17.6 Å². The van der Waals surface area contributed by atoms with E-state index >= 15 is 0 Å². The number of hydrogen-bond donors (Lipinski definition) is 1. The van der Waals surface area contributed by atoms with Crippen molar-refractivity contribution in [2.45, 2.75) is 17.9 Å². The van der Waals surface area contributed by atoms with Crippen LogP contribution in [0.2, 0.25) is 0 Å². The summed E-state index contributed by atoms with van der Waals surface area (Å²) in [5.41, 5.74) is 0.957. The number of sulfonamides is 1. The van der Waals surface area contributed by atoms with Crippen LogP contribution in [-0.4, -0.2) is 31.3 Å². The van der Waals surface area contributed by atoms with E-state index in [1.165, 1.54) is 41.3 Å². The number of halogens is 1. The van der Waals surface area contributed by atoms with Crippen LogP contribution >= 0.6 is 0 Å². The minimum Gasteiger partial charge on any atom is -0.335 e. The first-order chi connectivity index (χ1) is 13.8. The Labute approximate surface area is 169 Å². The number of nitrogens with one attached hydrogen (secondary N) is 1. The molecule has 0 aliphatic carbocycles. The lowest BCUT2D eigenvalue weighted by Gasteiger charge is -2.25. The molecule has 1 N–H and O–H groups in total. The number of nitrogens with zero attached hydrogens (tertiary/aromatic N) is 2. The first kappa shape index (κ1) is 20.5. The van der Waals surface area contributed by atoms with E-state index in [0.29, 0.717) is 0 Å². The number of pyridine rings is 1. The van der Waals surface area contributed by atoms with Crippen molar-refractivity contribution >= 4 is 21.6 Å². The summed E-state index contributed by atoms with van der Waals surface area (Å²) < 4.78 is 41.3. The Hall–Kier alpha value is -3.26. The summed E-state index contributed by atoms with van der Waals surface area (Å²) in [7, 11) is -2.41. The van der Waals surface area contributed by atoms with Gasteiger partial charge in [-0.15, -0.1) is 0 Å². The Balaban J connectivity index is 1.85. The fourth-order valence-corrected chi connectivity index (χ4v) is 3.90. The van der Waals surface area contributed by atoms with Crippen LogP contribution in [0.1, 0.15) is 28.9 Å². The number of anilines is 1. The molecule has 0 saturated carbocycles. The molecule has 0 fully saturated rings. The molecule has 6 nitrogen and oxygen atoms in total. The van der Waals surface area contributed by atoms with Crippen molar-refractivity contribution < 1.29 is 17.6 Å². The van der Waals surface area contributed by atoms with E-state index in [1.54, 1.807) is 25.5 Å². The molecule has 0 radical (unpaired) electrons. The third-order valence-electron chi connectivity index (χ3n) is 4.60. The Kier molecular flexibility index (Phi) is 5.93. The molecule has 8 heteroatoms. The standard InChI is InChI=1S/C21H20FN3O3S/c1-15(16-10-12-23-13-11-16)25(2)21(26)17-6-5-7-18(14-17)29(27,28)24-20-9-4-3-8-19(20)22/h3-15,24H,1-2H3. The number of amides is 1. The smallest absolute Gasteiger partial charge is 0.262 e. The minimum absolute atomic E-state index is 0.128. The van der Waals surface area contributed by atoms with Crippen LogP contribution in [0, 0.1) is 5.82 Å². The van der Waals surface area contributed by atoms with Crippen molar-refractivity contribution in [2.75, 3.05) is 11.8 Å². The van der Waals surface area contributed by atoms with E-state index in [2.05, 4.69) is 9.71 Å². The molecule has 0 aliphatic heterocycles. The lowest BCUT2D eigenvalue weighted by Crippen LogP contribution is -2.29. The third kappa shape index (κ3) is 4.60. The van der Waals surface area contributed by atoms with Gasteiger partial charge in [-0.2, -0.15) is 0 Å². The molecule has 2 aromatic carbocycles. The molecule has 150 valence electrons. The number of aromatic nitrogens is 1. The molecule has 0 spiro atoms. The van der Waals surface area contributed by atoms with Crippen molar-refractivity contribution in [3.63, 3.8) is 0 Å². The summed E-state index contributed by atoms with van der Waals surface area (Å²) in [5.74, 6) is -1.02. The second-order valence-electron chi connectivity index (χ2n) is 6.49. The lowest BCUT2D eigenvalue weighted by atomic mass is 10.1. The Morgan fingerprint density at radius 1 is 1.07 bits per heavy atom. The van der Waals surface area contributed by atoms with Crippen LogP contribution in [0.3, 0.4) is 0 Å². The molecular weight excluding hydrogens is 393 g/mol. The Bertz CT molecular complexity index is 1120. The second-order valence-corrected chi connectivity index (χ2v) is 8.17. The topological polar surface area (TPSA) is 79.4 Å². The van der Waals surface area contributed by atoms with Gasteiger partial charge in [0.2, 0.25) is 0 Å². The molecule has 1 atom stereocenters. The summed E-state index contributed by atoms with van der Waals surface area (Å²) in [6.07, 6.45) is 3.29. The van der Waals surface area contributed by atoms with Gasteiger partial charge in [-0.1, -0.05) is 18.2 Å². The monoisotopic (exact) mass is 413 g/mol. The van der Waals surface area contributed by atoms with Gasteiger partial charge in [-0.05, 0) is 55.0 Å². The van der Waals surface area contributed by atoms with Gasteiger partial charge in [0.1, 0.15) is 5.82 Å². The third-order valence-corrected chi connectivity index (χ3v) is 5.96. The molecule has 3 rings (SSSR count). The summed E-state index contributed by atoms with van der Waals surface area (Å²) in [5, 5.41) is 0. The van der Waals surface area contributed by atoms with Crippen molar-refractivity contribution in [3.8, 4) is 0 Å². The highest BCUT2D eigenvalue weighted by molar-refractivity contribution is 7.92. The molecule has 29 heavy (non-hydrogen) atoms. The summed E-state index contributed by atoms with van der Waals surface area (Å²) in [6.45, 7) is 1.87.